The van der Waals surface area contributed by atoms with Gasteiger partial charge >= 0.3 is 0 Å². The van der Waals surface area contributed by atoms with Crippen molar-refractivity contribution in [2.75, 3.05) is 72.9 Å². The zero-order valence-corrected chi connectivity index (χ0v) is 18.4. The second kappa shape index (κ2) is 17.3. The van der Waals surface area contributed by atoms with Crippen molar-refractivity contribution in [3.63, 3.8) is 0 Å². The molecule has 1 unspecified atom stereocenters. The highest BCUT2D eigenvalue weighted by molar-refractivity contribution is 14.0. The van der Waals surface area contributed by atoms with Gasteiger partial charge in [-0.3, -0.25) is 9.89 Å². The van der Waals surface area contributed by atoms with Gasteiger partial charge in [0.1, 0.15) is 0 Å². The number of hydrogen-bond donors (Lipinski definition) is 2. The molecule has 1 aliphatic rings. The highest BCUT2D eigenvalue weighted by Gasteiger charge is 2.16. The van der Waals surface area contributed by atoms with Crippen LogP contribution in [-0.2, 0) is 14.2 Å². The molecular formula is C17H37IN4O3. The average molecular weight is 472 g/mol. The van der Waals surface area contributed by atoms with E-state index in [4.69, 9.17) is 19.2 Å². The van der Waals surface area contributed by atoms with Gasteiger partial charge < -0.3 is 24.8 Å². The van der Waals surface area contributed by atoms with Crippen LogP contribution in [0.1, 0.15) is 26.7 Å². The minimum absolute atomic E-state index is 0. The van der Waals surface area contributed by atoms with Crippen molar-refractivity contribution in [1.29, 1.82) is 0 Å². The van der Waals surface area contributed by atoms with Crippen LogP contribution in [0.3, 0.4) is 0 Å². The first kappa shape index (κ1) is 24.8. The number of methoxy groups -OCH3 is 1. The topological polar surface area (TPSA) is 67.4 Å². The molecule has 2 N–H and O–H groups in total. The molecule has 0 aromatic rings. The van der Waals surface area contributed by atoms with Crippen molar-refractivity contribution in [3.05, 3.63) is 0 Å². The van der Waals surface area contributed by atoms with E-state index in [0.29, 0.717) is 19.3 Å². The number of rotatable bonds is 12. The smallest absolute Gasteiger partial charge is 0.191 e. The average Bonchev–Trinajstić information content (AvgIpc) is 2.62. The third-order valence-corrected chi connectivity index (χ3v) is 3.97. The van der Waals surface area contributed by atoms with Gasteiger partial charge in [0.2, 0.25) is 0 Å². The number of hydrogen-bond acceptors (Lipinski definition) is 5. The summed E-state index contributed by atoms with van der Waals surface area (Å²) in [6.07, 6.45) is 2.11. The van der Waals surface area contributed by atoms with Crippen molar-refractivity contribution < 1.29 is 14.2 Å². The van der Waals surface area contributed by atoms with E-state index >= 15 is 0 Å². The highest BCUT2D eigenvalue weighted by atomic mass is 127. The molecule has 150 valence electrons. The van der Waals surface area contributed by atoms with Crippen molar-refractivity contribution in [2.45, 2.75) is 32.7 Å². The third-order valence-electron chi connectivity index (χ3n) is 3.97. The highest BCUT2D eigenvalue weighted by Crippen LogP contribution is 2.03. The van der Waals surface area contributed by atoms with Gasteiger partial charge in [0.15, 0.2) is 5.96 Å². The molecule has 1 saturated heterocycles. The number of ether oxygens (including phenoxy) is 3. The Bertz CT molecular complexity index is 329. The molecule has 0 aliphatic carbocycles. The van der Waals surface area contributed by atoms with Gasteiger partial charge in [0, 0.05) is 45.9 Å². The van der Waals surface area contributed by atoms with Gasteiger partial charge in [0.05, 0.1) is 33.0 Å². The second-order valence-electron chi connectivity index (χ2n) is 5.96. The lowest BCUT2D eigenvalue weighted by Crippen LogP contribution is -2.44. The molecule has 8 heteroatoms. The number of nitrogens with zero attached hydrogens (tertiary/aromatic N) is 2. The minimum atomic E-state index is 0. The largest absolute Gasteiger partial charge is 0.382 e. The lowest BCUT2D eigenvalue weighted by atomic mass is 10.2. The summed E-state index contributed by atoms with van der Waals surface area (Å²) in [7, 11) is 1.69. The van der Waals surface area contributed by atoms with Crippen LogP contribution in [0.5, 0.6) is 0 Å². The van der Waals surface area contributed by atoms with Crippen LogP contribution in [0.4, 0.5) is 0 Å². The van der Waals surface area contributed by atoms with Crippen LogP contribution in [0, 0.1) is 0 Å². The molecule has 7 nitrogen and oxygen atoms in total. The normalized spacial score (nSPS) is 17.0. The van der Waals surface area contributed by atoms with Gasteiger partial charge in [-0.25, -0.2) is 0 Å². The summed E-state index contributed by atoms with van der Waals surface area (Å²) in [4.78, 5) is 7.15. The summed E-state index contributed by atoms with van der Waals surface area (Å²) in [5.41, 5.74) is 0. The first-order chi connectivity index (χ1) is 11.8. The van der Waals surface area contributed by atoms with E-state index in [1.165, 1.54) is 0 Å². The lowest BCUT2D eigenvalue weighted by Gasteiger charge is -2.31. The molecule has 1 heterocycles. The van der Waals surface area contributed by atoms with Crippen molar-refractivity contribution in [2.24, 2.45) is 4.99 Å². The standard InChI is InChI=1S/C17H36N4O3.HI/c1-4-18-17(19-7-5-6-10-23-14-13-22-3)20-15-16(2)21-8-11-24-12-9-21;/h16H,4-15H2,1-3H3,(H2,18,19,20);1H. The van der Waals surface area contributed by atoms with Gasteiger partial charge in [-0.15, -0.1) is 24.0 Å². The number of aliphatic imine (C=N–C) groups is 1. The predicted molar refractivity (Wildman–Crippen MR) is 113 cm³/mol. The Hall–Kier alpha value is -0.160. The fourth-order valence-electron chi connectivity index (χ4n) is 2.48. The predicted octanol–water partition coefficient (Wildman–Crippen LogP) is 1.32. The van der Waals surface area contributed by atoms with E-state index in [1.54, 1.807) is 7.11 Å². The Labute approximate surface area is 170 Å². The molecule has 0 bridgehead atoms. The number of morpholine rings is 1. The number of guanidine groups is 1. The summed E-state index contributed by atoms with van der Waals surface area (Å²) < 4.78 is 15.8. The molecule has 1 fully saturated rings. The number of unbranched alkanes of at least 4 members (excludes halogenated alkanes) is 1. The summed E-state index contributed by atoms with van der Waals surface area (Å²) in [5, 5.41) is 6.70. The molecule has 1 atom stereocenters. The molecule has 0 amide bonds. The fourth-order valence-corrected chi connectivity index (χ4v) is 2.48. The Balaban J connectivity index is 0.00000576. The molecule has 0 aromatic carbocycles. The first-order valence-electron chi connectivity index (χ1n) is 9.18. The third kappa shape index (κ3) is 12.8. The van der Waals surface area contributed by atoms with Gasteiger partial charge in [0.25, 0.3) is 0 Å². The maximum atomic E-state index is 5.46. The van der Waals surface area contributed by atoms with Crippen LogP contribution in [-0.4, -0.2) is 89.8 Å². The van der Waals surface area contributed by atoms with Crippen LogP contribution < -0.4 is 10.6 Å². The van der Waals surface area contributed by atoms with E-state index in [-0.39, 0.29) is 24.0 Å². The van der Waals surface area contributed by atoms with E-state index < -0.39 is 0 Å². The Morgan fingerprint density at radius 2 is 1.92 bits per heavy atom. The number of nitrogens with one attached hydrogen (secondary N) is 2. The van der Waals surface area contributed by atoms with Crippen LogP contribution in [0.2, 0.25) is 0 Å². The molecule has 0 aromatic heterocycles. The van der Waals surface area contributed by atoms with Gasteiger partial charge in [-0.2, -0.15) is 0 Å². The summed E-state index contributed by atoms with van der Waals surface area (Å²) in [6.45, 7) is 12.7. The molecule has 0 spiro atoms. The Kier molecular flexibility index (Phi) is 17.2. The van der Waals surface area contributed by atoms with Crippen molar-refractivity contribution in [1.82, 2.24) is 15.5 Å². The first-order valence-corrected chi connectivity index (χ1v) is 9.18. The van der Waals surface area contributed by atoms with Crippen molar-refractivity contribution >= 4 is 29.9 Å². The van der Waals surface area contributed by atoms with E-state index in [2.05, 4.69) is 29.4 Å². The summed E-state index contributed by atoms with van der Waals surface area (Å²) in [5.74, 6) is 0.901. The Morgan fingerprint density at radius 3 is 2.60 bits per heavy atom. The summed E-state index contributed by atoms with van der Waals surface area (Å²) in [6, 6.07) is 0.443. The quantitative estimate of drug-likeness (QED) is 0.193. The second-order valence-corrected chi connectivity index (χ2v) is 5.96. The fraction of sp³-hybridized carbons (Fsp3) is 0.941. The van der Waals surface area contributed by atoms with Crippen LogP contribution in [0.25, 0.3) is 0 Å². The molecule has 0 radical (unpaired) electrons. The van der Waals surface area contributed by atoms with Crippen LogP contribution in [0.15, 0.2) is 4.99 Å². The molecule has 0 saturated carbocycles. The number of halogens is 1. The molecular weight excluding hydrogens is 435 g/mol. The zero-order chi connectivity index (χ0) is 17.5. The molecule has 1 aliphatic heterocycles. The van der Waals surface area contributed by atoms with Gasteiger partial charge in [-0.1, -0.05) is 0 Å². The lowest BCUT2D eigenvalue weighted by molar-refractivity contribution is 0.0220. The molecule has 25 heavy (non-hydrogen) atoms. The molecule has 1 rings (SSSR count). The van der Waals surface area contributed by atoms with Crippen LogP contribution >= 0.6 is 24.0 Å². The minimum Gasteiger partial charge on any atom is -0.382 e. The van der Waals surface area contributed by atoms with E-state index in [0.717, 1.165) is 71.3 Å². The van der Waals surface area contributed by atoms with Gasteiger partial charge in [-0.05, 0) is 26.7 Å². The summed E-state index contributed by atoms with van der Waals surface area (Å²) >= 11 is 0. The monoisotopic (exact) mass is 472 g/mol. The zero-order valence-electron chi connectivity index (χ0n) is 16.1. The Morgan fingerprint density at radius 1 is 1.16 bits per heavy atom. The van der Waals surface area contributed by atoms with E-state index in [1.807, 2.05) is 0 Å². The van der Waals surface area contributed by atoms with Crippen molar-refractivity contribution in [3.8, 4) is 0 Å². The SMILES string of the molecule is CCNC(=NCC(C)N1CCOCC1)NCCCCOCCOC.I. The van der Waals surface area contributed by atoms with E-state index in [9.17, 15) is 0 Å². The maximum Gasteiger partial charge on any atom is 0.191 e. The maximum absolute atomic E-state index is 5.46.